The van der Waals surface area contributed by atoms with Gasteiger partial charge in [-0.15, -0.1) is 0 Å². The molecule has 1 fully saturated rings. The van der Waals surface area contributed by atoms with E-state index in [0.717, 1.165) is 23.1 Å². The third-order valence-corrected chi connectivity index (χ3v) is 6.58. The van der Waals surface area contributed by atoms with E-state index >= 15 is 0 Å². The SMILES string of the molecule is CCCCCC1CCC(c2ccc3c(c2)Cc2c-3cc(F)c(F)c2F)CC1. The Kier molecular flexibility index (Phi) is 5.29. The van der Waals surface area contributed by atoms with E-state index in [-0.39, 0.29) is 0 Å². The molecule has 4 rings (SSSR count). The van der Waals surface area contributed by atoms with Gasteiger partial charge in [-0.05, 0) is 65.8 Å². The van der Waals surface area contributed by atoms with Crippen LogP contribution in [-0.4, -0.2) is 0 Å². The van der Waals surface area contributed by atoms with Crippen LogP contribution in [0.3, 0.4) is 0 Å². The zero-order chi connectivity index (χ0) is 19.0. The lowest BCUT2D eigenvalue weighted by molar-refractivity contribution is 0.303. The molecule has 144 valence electrons. The predicted molar refractivity (Wildman–Crippen MR) is 103 cm³/mol. The standard InChI is InChI=1S/C24H27F3/c1-2-3-4-5-15-6-8-16(9-7-15)17-10-11-19-18(12-17)13-21-20(19)14-22(25)24(27)23(21)26/h10-12,14-16H,2-9,13H2,1H3. The monoisotopic (exact) mass is 372 g/mol. The van der Waals surface area contributed by atoms with Gasteiger partial charge in [-0.2, -0.15) is 0 Å². The van der Waals surface area contributed by atoms with Gasteiger partial charge in [0.15, 0.2) is 17.5 Å². The number of fused-ring (bicyclic) bond motifs is 3. The molecule has 3 heteroatoms. The number of hydrogen-bond donors (Lipinski definition) is 0. The molecule has 0 heterocycles. The highest BCUT2D eigenvalue weighted by molar-refractivity contribution is 5.77. The molecule has 0 bridgehead atoms. The molecule has 2 aromatic carbocycles. The van der Waals surface area contributed by atoms with Crippen molar-refractivity contribution in [2.24, 2.45) is 5.92 Å². The van der Waals surface area contributed by atoms with Crippen molar-refractivity contribution in [3.63, 3.8) is 0 Å². The normalized spacial score (nSPS) is 21.2. The van der Waals surface area contributed by atoms with Crippen molar-refractivity contribution >= 4 is 0 Å². The van der Waals surface area contributed by atoms with E-state index in [4.69, 9.17) is 0 Å². The van der Waals surface area contributed by atoms with Crippen LogP contribution in [0.2, 0.25) is 0 Å². The molecule has 2 aromatic rings. The van der Waals surface area contributed by atoms with Crippen molar-refractivity contribution in [2.75, 3.05) is 0 Å². The minimum absolute atomic E-state index is 0.292. The molecule has 0 N–H and O–H groups in total. The van der Waals surface area contributed by atoms with Crippen molar-refractivity contribution in [1.82, 2.24) is 0 Å². The highest BCUT2D eigenvalue weighted by Gasteiger charge is 2.28. The van der Waals surface area contributed by atoms with Crippen molar-refractivity contribution in [1.29, 1.82) is 0 Å². The lowest BCUT2D eigenvalue weighted by Gasteiger charge is -2.29. The molecule has 0 saturated heterocycles. The number of unbranched alkanes of at least 4 members (excludes halogenated alkanes) is 2. The molecule has 2 aliphatic rings. The van der Waals surface area contributed by atoms with E-state index in [1.807, 2.05) is 6.07 Å². The summed E-state index contributed by atoms with van der Waals surface area (Å²) in [5.41, 5.74) is 3.94. The van der Waals surface area contributed by atoms with Crippen LogP contribution in [0.5, 0.6) is 0 Å². The van der Waals surface area contributed by atoms with Crippen LogP contribution < -0.4 is 0 Å². The molecular formula is C24H27F3. The van der Waals surface area contributed by atoms with Crippen LogP contribution in [0.1, 0.15) is 80.9 Å². The van der Waals surface area contributed by atoms with E-state index < -0.39 is 17.5 Å². The third kappa shape index (κ3) is 3.53. The quantitative estimate of drug-likeness (QED) is 0.321. The summed E-state index contributed by atoms with van der Waals surface area (Å²) in [7, 11) is 0. The first-order valence-corrected chi connectivity index (χ1v) is 10.4. The zero-order valence-electron chi connectivity index (χ0n) is 16.0. The Morgan fingerprint density at radius 2 is 1.67 bits per heavy atom. The molecule has 0 nitrogen and oxygen atoms in total. The molecule has 0 radical (unpaired) electrons. The molecule has 0 spiro atoms. The smallest absolute Gasteiger partial charge is 0.194 e. The summed E-state index contributed by atoms with van der Waals surface area (Å²) in [4.78, 5) is 0. The second-order valence-electron chi connectivity index (χ2n) is 8.32. The highest BCUT2D eigenvalue weighted by Crippen LogP contribution is 2.43. The first-order valence-electron chi connectivity index (χ1n) is 10.4. The van der Waals surface area contributed by atoms with Crippen LogP contribution in [0.4, 0.5) is 13.2 Å². The van der Waals surface area contributed by atoms with Gasteiger partial charge < -0.3 is 0 Å². The maximum Gasteiger partial charge on any atom is 0.194 e. The summed E-state index contributed by atoms with van der Waals surface area (Å²) < 4.78 is 41.3. The Morgan fingerprint density at radius 1 is 0.889 bits per heavy atom. The topological polar surface area (TPSA) is 0 Å². The Labute approximate surface area is 159 Å². The van der Waals surface area contributed by atoms with Crippen molar-refractivity contribution in [3.05, 3.63) is 58.4 Å². The number of rotatable bonds is 5. The summed E-state index contributed by atoms with van der Waals surface area (Å²) in [6.07, 6.45) is 10.7. The van der Waals surface area contributed by atoms with Gasteiger partial charge in [0.25, 0.3) is 0 Å². The van der Waals surface area contributed by atoms with Gasteiger partial charge in [-0.3, -0.25) is 0 Å². The summed E-state index contributed by atoms with van der Waals surface area (Å²) in [5.74, 6) is -2.07. The summed E-state index contributed by atoms with van der Waals surface area (Å²) in [6.45, 7) is 2.25. The molecular weight excluding hydrogens is 345 g/mol. The van der Waals surface area contributed by atoms with Gasteiger partial charge in [0.1, 0.15) is 0 Å². The van der Waals surface area contributed by atoms with Crippen LogP contribution in [0, 0.1) is 23.4 Å². The lowest BCUT2D eigenvalue weighted by atomic mass is 9.76. The van der Waals surface area contributed by atoms with E-state index in [0.29, 0.717) is 23.5 Å². The molecule has 0 unspecified atom stereocenters. The molecule has 0 aromatic heterocycles. The minimum atomic E-state index is -1.36. The second-order valence-corrected chi connectivity index (χ2v) is 8.32. The largest absolute Gasteiger partial charge is 0.204 e. The van der Waals surface area contributed by atoms with E-state index in [1.54, 1.807) is 0 Å². The van der Waals surface area contributed by atoms with Gasteiger partial charge in [0.2, 0.25) is 0 Å². The van der Waals surface area contributed by atoms with Gasteiger partial charge in [0, 0.05) is 12.0 Å². The van der Waals surface area contributed by atoms with Gasteiger partial charge in [0.05, 0.1) is 0 Å². The fraction of sp³-hybridized carbons (Fsp3) is 0.500. The van der Waals surface area contributed by atoms with Crippen LogP contribution in [0.25, 0.3) is 11.1 Å². The van der Waals surface area contributed by atoms with Crippen molar-refractivity contribution in [3.8, 4) is 11.1 Å². The molecule has 1 saturated carbocycles. The Morgan fingerprint density at radius 3 is 2.41 bits per heavy atom. The Hall–Kier alpha value is -1.77. The zero-order valence-corrected chi connectivity index (χ0v) is 16.0. The van der Waals surface area contributed by atoms with Crippen LogP contribution >= 0.6 is 0 Å². The number of hydrogen-bond acceptors (Lipinski definition) is 0. The lowest BCUT2D eigenvalue weighted by Crippen LogP contribution is -2.13. The fourth-order valence-electron chi connectivity index (χ4n) is 4.98. The van der Waals surface area contributed by atoms with E-state index in [9.17, 15) is 13.2 Å². The van der Waals surface area contributed by atoms with Gasteiger partial charge in [-0.1, -0.05) is 50.8 Å². The van der Waals surface area contributed by atoms with Gasteiger partial charge in [-0.25, -0.2) is 13.2 Å². The fourth-order valence-corrected chi connectivity index (χ4v) is 4.98. The summed E-state index contributed by atoms with van der Waals surface area (Å²) >= 11 is 0. The molecule has 27 heavy (non-hydrogen) atoms. The first-order chi connectivity index (χ1) is 13.1. The Balaban J connectivity index is 1.48. The van der Waals surface area contributed by atoms with Crippen molar-refractivity contribution < 1.29 is 13.2 Å². The number of halogens is 3. The van der Waals surface area contributed by atoms with Gasteiger partial charge >= 0.3 is 0 Å². The second kappa shape index (κ2) is 7.69. The average Bonchev–Trinajstić information content (AvgIpc) is 3.05. The summed E-state index contributed by atoms with van der Waals surface area (Å²) in [5, 5.41) is 0. The third-order valence-electron chi connectivity index (χ3n) is 6.58. The number of benzene rings is 2. The Bertz CT molecular complexity index is 832. The van der Waals surface area contributed by atoms with Crippen LogP contribution in [0.15, 0.2) is 24.3 Å². The van der Waals surface area contributed by atoms with Crippen LogP contribution in [-0.2, 0) is 6.42 Å². The minimum Gasteiger partial charge on any atom is -0.204 e. The maximum absolute atomic E-state index is 14.1. The highest BCUT2D eigenvalue weighted by atomic mass is 19.2. The van der Waals surface area contributed by atoms with Crippen molar-refractivity contribution in [2.45, 2.75) is 70.6 Å². The molecule has 0 atom stereocenters. The maximum atomic E-state index is 14.1. The van der Waals surface area contributed by atoms with E-state index in [2.05, 4.69) is 19.1 Å². The summed E-state index contributed by atoms with van der Waals surface area (Å²) in [6, 6.07) is 7.36. The predicted octanol–water partition coefficient (Wildman–Crippen LogP) is 7.53. The first kappa shape index (κ1) is 18.6. The molecule has 2 aliphatic carbocycles. The average molecular weight is 372 g/mol. The molecule has 0 amide bonds. The molecule has 0 aliphatic heterocycles. The van der Waals surface area contributed by atoms with E-state index in [1.165, 1.54) is 56.9 Å².